The smallest absolute Gasteiger partial charge is 0.124 e. The molecule has 1 rings (SSSR count). The standard InChI is InChI=1S/C10H13ClFNO/c1-2-14-6-5-13-10-4-3-8(12)7-9(10)11/h3-4,7,13H,2,5-6H2,1H3. The van der Waals surface area contributed by atoms with Crippen LogP contribution in [0.2, 0.25) is 5.02 Å². The maximum Gasteiger partial charge on any atom is 0.124 e. The van der Waals surface area contributed by atoms with Crippen molar-refractivity contribution in [3.63, 3.8) is 0 Å². The Bertz CT molecular complexity index is 293. The van der Waals surface area contributed by atoms with Crippen molar-refractivity contribution in [1.29, 1.82) is 0 Å². The maximum absolute atomic E-state index is 12.7. The number of rotatable bonds is 5. The van der Waals surface area contributed by atoms with Crippen LogP contribution in [0, 0.1) is 5.82 Å². The predicted octanol–water partition coefficient (Wildman–Crippen LogP) is 2.93. The largest absolute Gasteiger partial charge is 0.382 e. The monoisotopic (exact) mass is 217 g/mol. The van der Waals surface area contributed by atoms with Gasteiger partial charge < -0.3 is 10.1 Å². The van der Waals surface area contributed by atoms with E-state index >= 15 is 0 Å². The molecule has 0 aliphatic rings. The lowest BCUT2D eigenvalue weighted by molar-refractivity contribution is 0.158. The SMILES string of the molecule is CCOCCNc1ccc(F)cc1Cl. The van der Waals surface area contributed by atoms with Crippen molar-refractivity contribution < 1.29 is 9.13 Å². The van der Waals surface area contributed by atoms with Gasteiger partial charge in [0.15, 0.2) is 0 Å². The Balaban J connectivity index is 2.42. The summed E-state index contributed by atoms with van der Waals surface area (Å²) in [6.07, 6.45) is 0. The molecule has 0 spiro atoms. The van der Waals surface area contributed by atoms with Gasteiger partial charge in [0.1, 0.15) is 5.82 Å². The second kappa shape index (κ2) is 5.83. The van der Waals surface area contributed by atoms with Crippen molar-refractivity contribution in [2.75, 3.05) is 25.1 Å². The van der Waals surface area contributed by atoms with Gasteiger partial charge in [-0.05, 0) is 25.1 Å². The summed E-state index contributed by atoms with van der Waals surface area (Å²) < 4.78 is 17.8. The first-order valence-electron chi connectivity index (χ1n) is 4.50. The van der Waals surface area contributed by atoms with Crippen LogP contribution in [-0.4, -0.2) is 19.8 Å². The summed E-state index contributed by atoms with van der Waals surface area (Å²) in [5.41, 5.74) is 0.729. The molecule has 0 bridgehead atoms. The average Bonchev–Trinajstić information content (AvgIpc) is 2.15. The number of ether oxygens (including phenoxy) is 1. The van der Waals surface area contributed by atoms with Crippen LogP contribution in [0.4, 0.5) is 10.1 Å². The number of nitrogens with one attached hydrogen (secondary N) is 1. The topological polar surface area (TPSA) is 21.3 Å². The van der Waals surface area contributed by atoms with Crippen LogP contribution in [0.5, 0.6) is 0 Å². The minimum atomic E-state index is -0.328. The predicted molar refractivity (Wildman–Crippen MR) is 56.4 cm³/mol. The van der Waals surface area contributed by atoms with Crippen LogP contribution in [-0.2, 0) is 4.74 Å². The summed E-state index contributed by atoms with van der Waals surface area (Å²) in [7, 11) is 0. The summed E-state index contributed by atoms with van der Waals surface area (Å²) in [4.78, 5) is 0. The number of hydrogen-bond acceptors (Lipinski definition) is 2. The normalized spacial score (nSPS) is 10.2. The van der Waals surface area contributed by atoms with Crippen LogP contribution >= 0.6 is 11.6 Å². The van der Waals surface area contributed by atoms with E-state index in [0.29, 0.717) is 24.8 Å². The molecule has 0 saturated carbocycles. The first-order valence-corrected chi connectivity index (χ1v) is 4.88. The fraction of sp³-hybridized carbons (Fsp3) is 0.400. The lowest BCUT2D eigenvalue weighted by Gasteiger charge is -2.07. The maximum atomic E-state index is 12.7. The molecule has 1 aromatic carbocycles. The first-order chi connectivity index (χ1) is 6.74. The van der Waals surface area contributed by atoms with Crippen LogP contribution in [0.15, 0.2) is 18.2 Å². The number of anilines is 1. The van der Waals surface area contributed by atoms with E-state index < -0.39 is 0 Å². The zero-order chi connectivity index (χ0) is 10.4. The highest BCUT2D eigenvalue weighted by Gasteiger charge is 2.00. The third-order valence-corrected chi connectivity index (χ3v) is 2.01. The van der Waals surface area contributed by atoms with E-state index in [1.807, 2.05) is 6.92 Å². The highest BCUT2D eigenvalue weighted by Crippen LogP contribution is 2.21. The Morgan fingerprint density at radius 2 is 2.29 bits per heavy atom. The van der Waals surface area contributed by atoms with Crippen molar-refractivity contribution >= 4 is 17.3 Å². The van der Waals surface area contributed by atoms with Gasteiger partial charge >= 0.3 is 0 Å². The van der Waals surface area contributed by atoms with Gasteiger partial charge in [-0.1, -0.05) is 11.6 Å². The van der Waals surface area contributed by atoms with Gasteiger partial charge in [0, 0.05) is 13.2 Å². The third-order valence-electron chi connectivity index (χ3n) is 1.70. The first kappa shape index (κ1) is 11.3. The second-order valence-electron chi connectivity index (χ2n) is 2.75. The van der Waals surface area contributed by atoms with Crippen molar-refractivity contribution in [2.45, 2.75) is 6.92 Å². The minimum absolute atomic E-state index is 0.328. The second-order valence-corrected chi connectivity index (χ2v) is 3.16. The highest BCUT2D eigenvalue weighted by molar-refractivity contribution is 6.33. The number of hydrogen-bond donors (Lipinski definition) is 1. The molecule has 0 aromatic heterocycles. The molecule has 0 unspecified atom stereocenters. The lowest BCUT2D eigenvalue weighted by Crippen LogP contribution is -2.09. The minimum Gasteiger partial charge on any atom is -0.382 e. The van der Waals surface area contributed by atoms with Gasteiger partial charge in [0.25, 0.3) is 0 Å². The van der Waals surface area contributed by atoms with Crippen LogP contribution in [0.1, 0.15) is 6.92 Å². The Morgan fingerprint density at radius 1 is 1.50 bits per heavy atom. The summed E-state index contributed by atoms with van der Waals surface area (Å²) in [6.45, 7) is 3.91. The zero-order valence-corrected chi connectivity index (χ0v) is 8.77. The number of halogens is 2. The zero-order valence-electron chi connectivity index (χ0n) is 8.02. The molecule has 0 aliphatic heterocycles. The molecule has 0 atom stereocenters. The summed E-state index contributed by atoms with van der Waals surface area (Å²) >= 11 is 5.80. The van der Waals surface area contributed by atoms with Gasteiger partial charge in [0.05, 0.1) is 17.3 Å². The molecule has 1 aromatic rings. The molecule has 2 nitrogen and oxygen atoms in total. The van der Waals surface area contributed by atoms with E-state index in [4.69, 9.17) is 16.3 Å². The van der Waals surface area contributed by atoms with Crippen molar-refractivity contribution in [1.82, 2.24) is 0 Å². The van der Waals surface area contributed by atoms with Gasteiger partial charge in [0.2, 0.25) is 0 Å². The van der Waals surface area contributed by atoms with E-state index in [1.54, 1.807) is 6.07 Å². The van der Waals surface area contributed by atoms with Crippen LogP contribution < -0.4 is 5.32 Å². The molecule has 14 heavy (non-hydrogen) atoms. The molecular weight excluding hydrogens is 205 g/mol. The summed E-state index contributed by atoms with van der Waals surface area (Å²) in [5.74, 6) is -0.328. The Morgan fingerprint density at radius 3 is 2.93 bits per heavy atom. The van der Waals surface area contributed by atoms with E-state index in [1.165, 1.54) is 12.1 Å². The molecule has 0 saturated heterocycles. The lowest BCUT2D eigenvalue weighted by atomic mass is 10.3. The molecule has 0 fully saturated rings. The molecule has 4 heteroatoms. The van der Waals surface area contributed by atoms with E-state index in [-0.39, 0.29) is 5.82 Å². The Kier molecular flexibility index (Phi) is 4.70. The molecule has 0 radical (unpaired) electrons. The fourth-order valence-electron chi connectivity index (χ4n) is 1.04. The van der Waals surface area contributed by atoms with Crippen LogP contribution in [0.25, 0.3) is 0 Å². The third kappa shape index (κ3) is 3.52. The quantitative estimate of drug-likeness (QED) is 0.766. The molecular formula is C10H13ClFNO. The molecule has 0 aliphatic carbocycles. The Labute approximate surface area is 88.0 Å². The summed E-state index contributed by atoms with van der Waals surface area (Å²) in [6, 6.07) is 4.27. The number of benzene rings is 1. The molecule has 1 N–H and O–H groups in total. The van der Waals surface area contributed by atoms with Gasteiger partial charge in [-0.3, -0.25) is 0 Å². The molecule has 0 amide bonds. The van der Waals surface area contributed by atoms with Crippen molar-refractivity contribution in [3.8, 4) is 0 Å². The van der Waals surface area contributed by atoms with Gasteiger partial charge in [-0.15, -0.1) is 0 Å². The molecule has 78 valence electrons. The fourth-order valence-corrected chi connectivity index (χ4v) is 1.27. The van der Waals surface area contributed by atoms with Crippen molar-refractivity contribution in [3.05, 3.63) is 29.0 Å². The van der Waals surface area contributed by atoms with Gasteiger partial charge in [-0.2, -0.15) is 0 Å². The van der Waals surface area contributed by atoms with E-state index in [2.05, 4.69) is 5.32 Å². The van der Waals surface area contributed by atoms with E-state index in [9.17, 15) is 4.39 Å². The van der Waals surface area contributed by atoms with Gasteiger partial charge in [-0.25, -0.2) is 4.39 Å². The average molecular weight is 218 g/mol. The van der Waals surface area contributed by atoms with Crippen molar-refractivity contribution in [2.24, 2.45) is 0 Å². The highest BCUT2D eigenvalue weighted by atomic mass is 35.5. The summed E-state index contributed by atoms with van der Waals surface area (Å²) in [5, 5.41) is 3.44. The Hall–Kier alpha value is -0.800. The van der Waals surface area contributed by atoms with Crippen LogP contribution in [0.3, 0.4) is 0 Å². The molecule has 0 heterocycles. The van der Waals surface area contributed by atoms with E-state index in [0.717, 1.165) is 5.69 Å².